The maximum Gasteiger partial charge on any atom is 0.249 e. The van der Waals surface area contributed by atoms with Crippen LogP contribution in [0.2, 0.25) is 5.02 Å². The molecule has 1 aromatic heterocycles. The van der Waals surface area contributed by atoms with Crippen molar-refractivity contribution < 1.29 is 4.42 Å². The van der Waals surface area contributed by atoms with Gasteiger partial charge in [-0.05, 0) is 12.1 Å². The van der Waals surface area contributed by atoms with E-state index in [-0.39, 0.29) is 0 Å². The number of hydrogen-bond acceptors (Lipinski definition) is 5. The number of nitrogens with two attached hydrogens (primary N) is 1. The molecular weight excluding hydrogens is 270 g/mol. The van der Waals surface area contributed by atoms with Crippen LogP contribution >= 0.6 is 23.4 Å². The molecule has 0 bridgehead atoms. The van der Waals surface area contributed by atoms with Crippen molar-refractivity contribution in [2.45, 2.75) is 17.9 Å². The van der Waals surface area contributed by atoms with Gasteiger partial charge in [0.2, 0.25) is 11.8 Å². The van der Waals surface area contributed by atoms with E-state index in [9.17, 15) is 0 Å². The van der Waals surface area contributed by atoms with Gasteiger partial charge in [-0.3, -0.25) is 0 Å². The fourth-order valence-electron chi connectivity index (χ4n) is 1.34. The minimum Gasteiger partial charge on any atom is -0.420 e. The second-order valence-electron chi connectivity index (χ2n) is 3.84. The molecule has 1 unspecified atom stereocenters. The molecule has 0 aliphatic carbocycles. The number of hydrogen-bond donors (Lipinski definition) is 1. The van der Waals surface area contributed by atoms with Crippen molar-refractivity contribution in [2.24, 2.45) is 5.73 Å². The van der Waals surface area contributed by atoms with E-state index in [1.54, 1.807) is 17.8 Å². The van der Waals surface area contributed by atoms with Crippen LogP contribution in [0.1, 0.15) is 12.8 Å². The van der Waals surface area contributed by atoms with Gasteiger partial charge in [-0.15, -0.1) is 22.0 Å². The Balaban J connectivity index is 2.09. The van der Waals surface area contributed by atoms with Gasteiger partial charge >= 0.3 is 0 Å². The molecular formula is C12H14ClN3OS. The summed E-state index contributed by atoms with van der Waals surface area (Å²) in [6, 6.07) is 7.40. The molecule has 2 N–H and O–H groups in total. The highest BCUT2D eigenvalue weighted by molar-refractivity contribution is 7.99. The molecule has 1 heterocycles. The lowest BCUT2D eigenvalue weighted by molar-refractivity contribution is 0.528. The average molecular weight is 284 g/mol. The van der Waals surface area contributed by atoms with Crippen molar-refractivity contribution in [3.8, 4) is 11.5 Å². The predicted octanol–water partition coefficient (Wildman–Crippen LogP) is 2.97. The van der Waals surface area contributed by atoms with Crippen molar-refractivity contribution in [1.29, 1.82) is 0 Å². The van der Waals surface area contributed by atoms with Gasteiger partial charge in [-0.1, -0.05) is 30.7 Å². The monoisotopic (exact) mass is 283 g/mol. The van der Waals surface area contributed by atoms with E-state index in [0.29, 0.717) is 34.4 Å². The molecule has 2 rings (SSSR count). The number of benzene rings is 1. The zero-order valence-electron chi connectivity index (χ0n) is 9.97. The zero-order chi connectivity index (χ0) is 13.0. The van der Waals surface area contributed by atoms with Gasteiger partial charge in [-0.25, -0.2) is 0 Å². The van der Waals surface area contributed by atoms with Gasteiger partial charge in [-0.2, -0.15) is 0 Å². The van der Waals surface area contributed by atoms with Crippen LogP contribution in [-0.4, -0.2) is 22.0 Å². The Labute approximate surface area is 115 Å². The molecule has 0 aliphatic rings. The number of nitrogens with zero attached hydrogens (tertiary/aromatic N) is 2. The van der Waals surface area contributed by atoms with E-state index in [1.165, 1.54) is 0 Å². The van der Waals surface area contributed by atoms with E-state index in [2.05, 4.69) is 17.1 Å². The Morgan fingerprint density at radius 1 is 1.39 bits per heavy atom. The highest BCUT2D eigenvalue weighted by atomic mass is 35.5. The number of aromatic nitrogens is 2. The topological polar surface area (TPSA) is 64.9 Å². The lowest BCUT2D eigenvalue weighted by Crippen LogP contribution is -2.12. The maximum atomic E-state index is 6.07. The summed E-state index contributed by atoms with van der Waals surface area (Å²) in [6.45, 7) is 2.70. The maximum absolute atomic E-state index is 6.07. The first-order chi connectivity index (χ1) is 8.70. The molecule has 0 amide bonds. The first-order valence-corrected chi connectivity index (χ1v) is 7.02. The average Bonchev–Trinajstić information content (AvgIpc) is 2.85. The smallest absolute Gasteiger partial charge is 0.249 e. The third kappa shape index (κ3) is 3.25. The number of thioether (sulfide) groups is 1. The molecule has 0 aliphatic heterocycles. The van der Waals surface area contributed by atoms with E-state index >= 15 is 0 Å². The van der Waals surface area contributed by atoms with Crippen LogP contribution in [0.15, 0.2) is 28.7 Å². The normalized spacial score (nSPS) is 12.6. The van der Waals surface area contributed by atoms with Crippen LogP contribution in [0.25, 0.3) is 11.5 Å². The molecule has 1 atom stereocenters. The molecule has 0 radical (unpaired) electrons. The van der Waals surface area contributed by atoms with E-state index in [4.69, 9.17) is 21.8 Å². The van der Waals surface area contributed by atoms with E-state index < -0.39 is 0 Å². The third-order valence-corrected chi connectivity index (χ3v) is 3.90. The summed E-state index contributed by atoms with van der Waals surface area (Å²) >= 11 is 7.76. The third-order valence-electron chi connectivity index (χ3n) is 2.39. The second-order valence-corrected chi connectivity index (χ2v) is 5.67. The highest BCUT2D eigenvalue weighted by Gasteiger charge is 2.12. The van der Waals surface area contributed by atoms with Gasteiger partial charge in [0.1, 0.15) is 0 Å². The number of rotatable bonds is 5. The van der Waals surface area contributed by atoms with Crippen LogP contribution in [-0.2, 0) is 5.75 Å². The van der Waals surface area contributed by atoms with Gasteiger partial charge in [0.25, 0.3) is 0 Å². The van der Waals surface area contributed by atoms with Gasteiger partial charge in [0.05, 0.1) is 16.3 Å². The zero-order valence-corrected chi connectivity index (χ0v) is 11.5. The van der Waals surface area contributed by atoms with Crippen molar-refractivity contribution in [1.82, 2.24) is 10.2 Å². The molecule has 1 aromatic carbocycles. The van der Waals surface area contributed by atoms with E-state index in [0.717, 1.165) is 5.56 Å². The number of halogens is 1. The Kier molecular flexibility index (Phi) is 4.63. The van der Waals surface area contributed by atoms with Crippen LogP contribution in [0.3, 0.4) is 0 Å². The largest absolute Gasteiger partial charge is 0.420 e. The summed E-state index contributed by atoms with van der Waals surface area (Å²) < 4.78 is 5.58. The van der Waals surface area contributed by atoms with Crippen molar-refractivity contribution in [2.75, 3.05) is 6.54 Å². The minimum atomic E-state index is 0.376. The Bertz CT molecular complexity index is 518. The molecule has 0 fully saturated rings. The summed E-state index contributed by atoms with van der Waals surface area (Å²) in [7, 11) is 0. The molecule has 18 heavy (non-hydrogen) atoms. The summed E-state index contributed by atoms with van der Waals surface area (Å²) in [5.41, 5.74) is 6.31. The molecule has 0 saturated heterocycles. The van der Waals surface area contributed by atoms with E-state index in [1.807, 2.05) is 18.2 Å². The van der Waals surface area contributed by atoms with Gasteiger partial charge in [0, 0.05) is 11.8 Å². The Hall–Kier alpha value is -1.04. The quantitative estimate of drug-likeness (QED) is 0.914. The molecule has 4 nitrogen and oxygen atoms in total. The summed E-state index contributed by atoms with van der Waals surface area (Å²) in [5.74, 6) is 1.71. The molecule has 0 spiro atoms. The van der Waals surface area contributed by atoms with Gasteiger partial charge in [0.15, 0.2) is 0 Å². The predicted molar refractivity (Wildman–Crippen MR) is 74.6 cm³/mol. The lowest BCUT2D eigenvalue weighted by atomic mass is 10.2. The summed E-state index contributed by atoms with van der Waals surface area (Å²) in [6.07, 6.45) is 0. The first kappa shape index (κ1) is 13.4. The fourth-order valence-corrected chi connectivity index (χ4v) is 2.23. The van der Waals surface area contributed by atoms with Crippen molar-refractivity contribution in [3.05, 3.63) is 35.2 Å². The van der Waals surface area contributed by atoms with Crippen LogP contribution < -0.4 is 5.73 Å². The molecule has 6 heteroatoms. The standard InChI is InChI=1S/C12H14ClN3OS/c1-8(6-14)18-7-11-15-16-12(17-11)9-4-2-3-5-10(9)13/h2-5,8H,6-7,14H2,1H3. The van der Waals surface area contributed by atoms with Crippen LogP contribution in [0, 0.1) is 0 Å². The second kappa shape index (κ2) is 6.22. The summed E-state index contributed by atoms with van der Waals surface area (Å²) in [4.78, 5) is 0. The first-order valence-electron chi connectivity index (χ1n) is 5.59. The highest BCUT2D eigenvalue weighted by Crippen LogP contribution is 2.27. The van der Waals surface area contributed by atoms with Crippen LogP contribution in [0.5, 0.6) is 0 Å². The molecule has 0 saturated carbocycles. The van der Waals surface area contributed by atoms with Gasteiger partial charge < -0.3 is 10.2 Å². The van der Waals surface area contributed by atoms with Crippen LogP contribution in [0.4, 0.5) is 0 Å². The molecule has 2 aromatic rings. The van der Waals surface area contributed by atoms with Crippen molar-refractivity contribution in [3.63, 3.8) is 0 Å². The SMILES string of the molecule is CC(CN)SCc1nnc(-c2ccccc2Cl)o1. The lowest BCUT2D eigenvalue weighted by Gasteiger charge is -2.04. The van der Waals surface area contributed by atoms with Crippen molar-refractivity contribution >= 4 is 23.4 Å². The fraction of sp³-hybridized carbons (Fsp3) is 0.333. The molecule has 96 valence electrons. The Morgan fingerprint density at radius 2 is 2.17 bits per heavy atom. The Morgan fingerprint density at radius 3 is 2.89 bits per heavy atom. The summed E-state index contributed by atoms with van der Waals surface area (Å²) in [5, 5.41) is 8.99. The minimum absolute atomic E-state index is 0.376.